The first kappa shape index (κ1) is 5.00. The molecule has 1 heterocycles. The molecule has 2 bridgehead atoms. The molecule has 0 spiro atoms. The lowest BCUT2D eigenvalue weighted by Gasteiger charge is -2.19. The third-order valence-corrected chi connectivity index (χ3v) is 3.31. The van der Waals surface area contributed by atoms with Crippen molar-refractivity contribution in [2.75, 3.05) is 0 Å². The van der Waals surface area contributed by atoms with Gasteiger partial charge < -0.3 is 0 Å². The van der Waals surface area contributed by atoms with Crippen LogP contribution in [0.4, 0.5) is 0 Å². The van der Waals surface area contributed by atoms with Crippen LogP contribution in [0.3, 0.4) is 0 Å². The van der Waals surface area contributed by atoms with E-state index in [1.165, 1.54) is 0 Å². The summed E-state index contributed by atoms with van der Waals surface area (Å²) in [5.74, 6) is -1.13. The van der Waals surface area contributed by atoms with E-state index in [0.29, 0.717) is 0 Å². The highest BCUT2D eigenvalue weighted by Gasteiger charge is 2.57. The first-order chi connectivity index (χ1) is 6.61. The lowest BCUT2D eigenvalue weighted by Crippen LogP contribution is -2.24. The number of hydrogen-bond donors (Lipinski definition) is 1. The molecule has 3 aliphatic rings. The molecule has 0 aromatic carbocycles. The van der Waals surface area contributed by atoms with Gasteiger partial charge in [-0.25, -0.2) is 0 Å². The molecule has 0 aromatic rings. The van der Waals surface area contributed by atoms with E-state index in [-0.39, 0.29) is 35.5 Å². The smallest absolute Gasteiger partial charge is 0.230 e. The Morgan fingerprint density at radius 1 is 1.17 bits per heavy atom. The van der Waals surface area contributed by atoms with E-state index in [1.807, 2.05) is 0 Å². The van der Waals surface area contributed by atoms with Crippen LogP contribution >= 0.6 is 0 Å². The summed E-state index contributed by atoms with van der Waals surface area (Å²) in [5, 5.41) is 2.32. The van der Waals surface area contributed by atoms with Gasteiger partial charge in [-0.2, -0.15) is 0 Å². The second kappa shape index (κ2) is 1.90. The Kier molecular flexibility index (Phi) is 0.789. The molecule has 1 aliphatic heterocycles. The van der Waals surface area contributed by atoms with E-state index >= 15 is 0 Å². The molecule has 0 radical (unpaired) electrons. The van der Waals surface area contributed by atoms with Crippen LogP contribution in [0.2, 0.25) is 0 Å². The van der Waals surface area contributed by atoms with Gasteiger partial charge in [0.2, 0.25) is 11.8 Å². The number of rotatable bonds is 0. The number of imide groups is 1. The SMILES string of the molecule is [2H]C1C([2H])[C@@H]2C[C@H]1[C@@H]1C(=O)NC(=O)[C@@H]12. The fourth-order valence-electron chi connectivity index (χ4n) is 2.83. The largest absolute Gasteiger partial charge is 0.296 e. The first-order valence-corrected chi connectivity index (χ1v) is 4.30. The van der Waals surface area contributed by atoms with Gasteiger partial charge in [-0.3, -0.25) is 14.9 Å². The molecule has 12 heavy (non-hydrogen) atoms. The molecule has 2 unspecified atom stereocenters. The quantitative estimate of drug-likeness (QED) is 0.527. The highest BCUT2D eigenvalue weighted by molar-refractivity contribution is 6.05. The van der Waals surface area contributed by atoms with E-state index in [0.717, 1.165) is 6.42 Å². The van der Waals surface area contributed by atoms with Crippen molar-refractivity contribution in [3.63, 3.8) is 0 Å². The van der Waals surface area contributed by atoms with Crippen molar-refractivity contribution < 1.29 is 12.3 Å². The maximum absolute atomic E-state index is 11.4. The monoisotopic (exact) mass is 167 g/mol. The Morgan fingerprint density at radius 3 is 2.17 bits per heavy atom. The number of amides is 2. The summed E-state index contributed by atoms with van der Waals surface area (Å²) in [7, 11) is 0. The Labute approximate surface area is 73.3 Å². The second-order valence-corrected chi connectivity index (χ2v) is 3.85. The Hall–Kier alpha value is -0.860. The van der Waals surface area contributed by atoms with Gasteiger partial charge in [0, 0.05) is 2.74 Å². The van der Waals surface area contributed by atoms with Gasteiger partial charge in [0.25, 0.3) is 0 Å². The summed E-state index contributed by atoms with van der Waals surface area (Å²) in [6, 6.07) is 0. The zero-order valence-electron chi connectivity index (χ0n) is 8.49. The normalized spacial score (nSPS) is 64.3. The summed E-state index contributed by atoms with van der Waals surface area (Å²) < 4.78 is 15.5. The Balaban J connectivity index is 2.01. The number of nitrogens with one attached hydrogen (secondary N) is 1. The zero-order valence-corrected chi connectivity index (χ0v) is 6.49. The summed E-state index contributed by atoms with van der Waals surface area (Å²) >= 11 is 0. The lowest BCUT2D eigenvalue weighted by molar-refractivity contribution is -0.126. The standard InChI is InChI=1S/C9H11NO2/c11-8-6-4-1-2-5(3-4)7(6)9(12)10-8/h4-7H,1-3H2,(H,10,11,12)/t4-,5+,6-,7+/i1D,2D/t1?,2?,4-,5+,6-,7+. The van der Waals surface area contributed by atoms with Crippen molar-refractivity contribution in [2.24, 2.45) is 23.7 Å². The minimum Gasteiger partial charge on any atom is -0.296 e. The molecule has 3 rings (SSSR count). The maximum Gasteiger partial charge on any atom is 0.230 e. The molecule has 1 N–H and O–H groups in total. The van der Waals surface area contributed by atoms with Crippen LogP contribution in [0.1, 0.15) is 22.0 Å². The minimum absolute atomic E-state index is 0.0565. The second-order valence-electron chi connectivity index (χ2n) is 3.85. The van der Waals surface area contributed by atoms with Gasteiger partial charge in [0.15, 0.2) is 0 Å². The molecule has 64 valence electrons. The van der Waals surface area contributed by atoms with Gasteiger partial charge in [-0.1, -0.05) is 0 Å². The van der Waals surface area contributed by atoms with E-state index in [2.05, 4.69) is 5.32 Å². The van der Waals surface area contributed by atoms with Crippen molar-refractivity contribution in [1.29, 1.82) is 0 Å². The summed E-state index contributed by atoms with van der Waals surface area (Å²) in [6.07, 6.45) is -0.229. The van der Waals surface area contributed by atoms with Gasteiger partial charge in [0.1, 0.15) is 0 Å². The molecule has 2 aliphatic carbocycles. The van der Waals surface area contributed by atoms with Crippen molar-refractivity contribution >= 4 is 11.8 Å². The predicted octanol–water partition coefficient (Wildman–Crippen LogP) is 0.305. The molecule has 3 nitrogen and oxygen atoms in total. The van der Waals surface area contributed by atoms with E-state index in [9.17, 15) is 9.59 Å². The number of hydrogen-bond acceptors (Lipinski definition) is 2. The van der Waals surface area contributed by atoms with Crippen molar-refractivity contribution in [3.05, 3.63) is 0 Å². The molecule has 3 heteroatoms. The Bertz CT molecular complexity index is 303. The van der Waals surface area contributed by atoms with Crippen molar-refractivity contribution in [1.82, 2.24) is 5.32 Å². The number of carbonyl (C=O) groups is 2. The fraction of sp³-hybridized carbons (Fsp3) is 0.778. The van der Waals surface area contributed by atoms with E-state index in [1.54, 1.807) is 0 Å². The van der Waals surface area contributed by atoms with Gasteiger partial charge in [-0.15, -0.1) is 0 Å². The van der Waals surface area contributed by atoms with Crippen LogP contribution in [0.25, 0.3) is 0 Å². The summed E-state index contributed by atoms with van der Waals surface area (Å²) in [6.45, 7) is 0. The molecule has 1 saturated heterocycles. The molecule has 6 atom stereocenters. The minimum atomic E-state index is -0.474. The van der Waals surface area contributed by atoms with Crippen LogP contribution in [0, 0.1) is 23.7 Å². The highest BCUT2D eigenvalue weighted by Crippen LogP contribution is 2.54. The average Bonchev–Trinajstić information content (AvgIpc) is 2.71. The van der Waals surface area contributed by atoms with Crippen LogP contribution in [0.15, 0.2) is 0 Å². The topological polar surface area (TPSA) is 46.2 Å². The average molecular weight is 167 g/mol. The third kappa shape index (κ3) is 0.586. The highest BCUT2D eigenvalue weighted by atomic mass is 16.2. The first-order valence-electron chi connectivity index (χ1n) is 5.46. The number of carbonyl (C=O) groups excluding carboxylic acids is 2. The molecular formula is C9H11NO2. The van der Waals surface area contributed by atoms with Crippen LogP contribution in [-0.2, 0) is 9.59 Å². The van der Waals surface area contributed by atoms with Crippen LogP contribution < -0.4 is 5.32 Å². The van der Waals surface area contributed by atoms with Crippen molar-refractivity contribution in [2.45, 2.75) is 19.2 Å². The maximum atomic E-state index is 11.4. The van der Waals surface area contributed by atoms with Crippen LogP contribution in [-0.4, -0.2) is 11.8 Å². The third-order valence-electron chi connectivity index (χ3n) is 3.31. The van der Waals surface area contributed by atoms with E-state index < -0.39 is 12.8 Å². The predicted molar refractivity (Wildman–Crippen MR) is 41.0 cm³/mol. The molecule has 2 amide bonds. The molecule has 2 saturated carbocycles. The van der Waals surface area contributed by atoms with E-state index in [4.69, 9.17) is 2.74 Å². The van der Waals surface area contributed by atoms with Gasteiger partial charge >= 0.3 is 0 Å². The van der Waals surface area contributed by atoms with Gasteiger partial charge in [-0.05, 0) is 31.1 Å². The molecule has 3 fully saturated rings. The Morgan fingerprint density at radius 2 is 1.67 bits per heavy atom. The fourth-order valence-corrected chi connectivity index (χ4v) is 2.83. The molecular weight excluding hydrogens is 154 g/mol. The molecule has 0 aromatic heterocycles. The van der Waals surface area contributed by atoms with Crippen LogP contribution in [0.5, 0.6) is 0 Å². The summed E-state index contributed by atoms with van der Waals surface area (Å²) in [5.41, 5.74) is 0. The summed E-state index contributed by atoms with van der Waals surface area (Å²) in [4.78, 5) is 22.9. The van der Waals surface area contributed by atoms with Crippen molar-refractivity contribution in [3.8, 4) is 0 Å². The van der Waals surface area contributed by atoms with Gasteiger partial charge in [0.05, 0.1) is 11.8 Å². The zero-order chi connectivity index (χ0) is 10.0. The number of fused-ring (bicyclic) bond motifs is 5. The lowest BCUT2D eigenvalue weighted by atomic mass is 9.81.